The number of rotatable bonds is 5. The Hall–Kier alpha value is -3.31. The van der Waals surface area contributed by atoms with Crippen LogP contribution in [0.25, 0.3) is 5.57 Å². The van der Waals surface area contributed by atoms with Gasteiger partial charge in [-0.3, -0.25) is 4.79 Å². The smallest absolute Gasteiger partial charge is 0.290 e. The van der Waals surface area contributed by atoms with E-state index in [1.165, 1.54) is 12.1 Å². The molecule has 152 valence electrons. The number of ether oxygens (including phenoxy) is 1. The van der Waals surface area contributed by atoms with Gasteiger partial charge in [0.2, 0.25) is 0 Å². The van der Waals surface area contributed by atoms with E-state index in [2.05, 4.69) is 0 Å². The van der Waals surface area contributed by atoms with E-state index in [0.29, 0.717) is 21.9 Å². The van der Waals surface area contributed by atoms with Crippen LogP contribution in [0, 0.1) is 5.82 Å². The molecule has 0 aromatic heterocycles. The highest BCUT2D eigenvalue weighted by Gasteiger charge is 2.41. The molecule has 4 rings (SSSR count). The van der Waals surface area contributed by atoms with Crippen LogP contribution in [0.5, 0.6) is 5.75 Å². The first-order valence-electron chi connectivity index (χ1n) is 9.36. The standard InChI is InChI=1S/C24H19ClFNO3/c1-30-20-12-6-16(7-13-20)21-22(17-4-8-18(25)9-5-17)27(24(29)23(21)28)14-15-2-10-19(26)11-3-15/h2-13,22,28H,14H2,1H3. The van der Waals surface area contributed by atoms with E-state index in [-0.39, 0.29) is 18.1 Å². The first kappa shape index (κ1) is 20.0. The number of nitrogens with zero attached hydrogens (tertiary/aromatic N) is 1. The van der Waals surface area contributed by atoms with Crippen LogP contribution in [0.2, 0.25) is 5.02 Å². The van der Waals surface area contributed by atoms with E-state index in [9.17, 15) is 14.3 Å². The Morgan fingerprint density at radius 2 is 1.63 bits per heavy atom. The number of benzene rings is 3. The Labute approximate surface area is 178 Å². The SMILES string of the molecule is COc1ccc(C2=C(O)C(=O)N(Cc3ccc(F)cc3)C2c2ccc(Cl)cc2)cc1. The fourth-order valence-electron chi connectivity index (χ4n) is 3.66. The number of halogens is 2. The number of hydrogen-bond acceptors (Lipinski definition) is 3. The van der Waals surface area contributed by atoms with Gasteiger partial charge in [0.1, 0.15) is 11.6 Å². The monoisotopic (exact) mass is 423 g/mol. The number of aliphatic hydroxyl groups excluding tert-OH is 1. The molecule has 0 aliphatic carbocycles. The van der Waals surface area contributed by atoms with Gasteiger partial charge in [-0.1, -0.05) is 48.0 Å². The molecule has 1 atom stereocenters. The van der Waals surface area contributed by atoms with Crippen molar-refractivity contribution in [3.8, 4) is 5.75 Å². The molecule has 6 heteroatoms. The molecule has 0 spiro atoms. The largest absolute Gasteiger partial charge is 0.503 e. The molecule has 1 aliphatic heterocycles. The second kappa shape index (κ2) is 8.20. The van der Waals surface area contributed by atoms with Crippen LogP contribution in [0.3, 0.4) is 0 Å². The molecular formula is C24H19ClFNO3. The van der Waals surface area contributed by atoms with Crippen molar-refractivity contribution < 1.29 is 19.0 Å². The highest BCUT2D eigenvalue weighted by Crippen LogP contribution is 2.44. The van der Waals surface area contributed by atoms with Crippen molar-refractivity contribution in [1.82, 2.24) is 4.90 Å². The predicted octanol–water partition coefficient (Wildman–Crippen LogP) is 5.54. The highest BCUT2D eigenvalue weighted by atomic mass is 35.5. The zero-order valence-corrected chi connectivity index (χ0v) is 16.9. The fourth-order valence-corrected chi connectivity index (χ4v) is 3.79. The quantitative estimate of drug-likeness (QED) is 0.586. The summed E-state index contributed by atoms with van der Waals surface area (Å²) in [4.78, 5) is 14.6. The summed E-state index contributed by atoms with van der Waals surface area (Å²) in [5.74, 6) is -0.456. The highest BCUT2D eigenvalue weighted by molar-refractivity contribution is 6.30. The van der Waals surface area contributed by atoms with Gasteiger partial charge in [-0.2, -0.15) is 0 Å². The van der Waals surface area contributed by atoms with Crippen LogP contribution in [0.4, 0.5) is 4.39 Å². The van der Waals surface area contributed by atoms with E-state index in [1.54, 1.807) is 48.4 Å². The molecule has 4 nitrogen and oxygen atoms in total. The number of hydrogen-bond donors (Lipinski definition) is 1. The minimum Gasteiger partial charge on any atom is -0.503 e. The Balaban J connectivity index is 1.79. The lowest BCUT2D eigenvalue weighted by molar-refractivity contribution is -0.130. The molecule has 0 fully saturated rings. The maximum Gasteiger partial charge on any atom is 0.290 e. The van der Waals surface area contributed by atoms with Crippen LogP contribution in [-0.4, -0.2) is 23.0 Å². The van der Waals surface area contributed by atoms with Crippen molar-refractivity contribution in [2.45, 2.75) is 12.6 Å². The molecule has 1 heterocycles. The van der Waals surface area contributed by atoms with Crippen LogP contribution in [0.1, 0.15) is 22.7 Å². The average Bonchev–Trinajstić information content (AvgIpc) is 3.01. The summed E-state index contributed by atoms with van der Waals surface area (Å²) in [5.41, 5.74) is 2.78. The molecular weight excluding hydrogens is 405 g/mol. The molecule has 0 radical (unpaired) electrons. The molecule has 0 saturated heterocycles. The van der Waals surface area contributed by atoms with E-state index in [4.69, 9.17) is 16.3 Å². The van der Waals surface area contributed by atoms with E-state index in [0.717, 1.165) is 11.1 Å². The van der Waals surface area contributed by atoms with Crippen molar-refractivity contribution >= 4 is 23.1 Å². The van der Waals surface area contributed by atoms with Crippen LogP contribution in [0.15, 0.2) is 78.6 Å². The lowest BCUT2D eigenvalue weighted by Gasteiger charge is -2.27. The molecule has 1 N–H and O–H groups in total. The van der Waals surface area contributed by atoms with Crippen LogP contribution in [-0.2, 0) is 11.3 Å². The molecule has 30 heavy (non-hydrogen) atoms. The van der Waals surface area contributed by atoms with E-state index >= 15 is 0 Å². The summed E-state index contributed by atoms with van der Waals surface area (Å²) >= 11 is 6.05. The van der Waals surface area contributed by atoms with Crippen LogP contribution < -0.4 is 4.74 Å². The Kier molecular flexibility index (Phi) is 5.46. The minimum atomic E-state index is -0.520. The second-order valence-electron chi connectivity index (χ2n) is 7.00. The number of aliphatic hydroxyl groups is 1. The van der Waals surface area contributed by atoms with Gasteiger partial charge in [-0.15, -0.1) is 0 Å². The van der Waals surface area contributed by atoms with Gasteiger partial charge in [0.15, 0.2) is 5.76 Å². The zero-order chi connectivity index (χ0) is 21.3. The van der Waals surface area contributed by atoms with E-state index in [1.807, 2.05) is 24.3 Å². The van der Waals surface area contributed by atoms with Gasteiger partial charge in [-0.05, 0) is 53.1 Å². The number of methoxy groups -OCH3 is 1. The van der Waals surface area contributed by atoms with Crippen molar-refractivity contribution in [2.24, 2.45) is 0 Å². The lowest BCUT2D eigenvalue weighted by atomic mass is 9.93. The molecule has 3 aromatic rings. The van der Waals surface area contributed by atoms with Gasteiger partial charge < -0.3 is 14.7 Å². The third kappa shape index (κ3) is 3.76. The fraction of sp³-hybridized carbons (Fsp3) is 0.125. The van der Waals surface area contributed by atoms with Gasteiger partial charge in [-0.25, -0.2) is 4.39 Å². The Morgan fingerprint density at radius 1 is 1.00 bits per heavy atom. The van der Waals surface area contributed by atoms with Crippen molar-refractivity contribution in [1.29, 1.82) is 0 Å². The summed E-state index contributed by atoms with van der Waals surface area (Å²) in [7, 11) is 1.58. The Bertz CT molecular complexity index is 1090. The second-order valence-corrected chi connectivity index (χ2v) is 7.44. The molecule has 1 aliphatic rings. The summed E-state index contributed by atoms with van der Waals surface area (Å²) in [6.45, 7) is 0.218. The third-order valence-corrected chi connectivity index (χ3v) is 5.41. The first-order chi connectivity index (χ1) is 14.5. The number of amides is 1. The predicted molar refractivity (Wildman–Crippen MR) is 114 cm³/mol. The summed E-state index contributed by atoms with van der Waals surface area (Å²) in [6, 6.07) is 19.8. The number of carbonyl (C=O) groups excluding carboxylic acids is 1. The van der Waals surface area contributed by atoms with Crippen molar-refractivity contribution in [3.05, 3.63) is 106 Å². The summed E-state index contributed by atoms with van der Waals surface area (Å²) in [6.07, 6.45) is 0. The molecule has 1 unspecified atom stereocenters. The average molecular weight is 424 g/mol. The van der Waals surface area contributed by atoms with Gasteiger partial charge in [0.25, 0.3) is 5.91 Å². The molecule has 0 saturated carbocycles. The first-order valence-corrected chi connectivity index (χ1v) is 9.74. The van der Waals surface area contributed by atoms with Gasteiger partial charge in [0, 0.05) is 17.1 Å². The molecule has 3 aromatic carbocycles. The third-order valence-electron chi connectivity index (χ3n) is 5.16. The number of carbonyl (C=O) groups is 1. The summed E-state index contributed by atoms with van der Waals surface area (Å²) in [5, 5.41) is 11.4. The topological polar surface area (TPSA) is 49.8 Å². The minimum absolute atomic E-state index is 0.218. The Morgan fingerprint density at radius 3 is 2.23 bits per heavy atom. The van der Waals surface area contributed by atoms with Crippen molar-refractivity contribution in [2.75, 3.05) is 7.11 Å². The lowest BCUT2D eigenvalue weighted by Crippen LogP contribution is -2.29. The van der Waals surface area contributed by atoms with Gasteiger partial charge in [0.05, 0.1) is 13.2 Å². The molecule has 1 amide bonds. The van der Waals surface area contributed by atoms with E-state index < -0.39 is 11.9 Å². The normalized spacial score (nSPS) is 16.3. The van der Waals surface area contributed by atoms with Crippen LogP contribution >= 0.6 is 11.6 Å². The zero-order valence-electron chi connectivity index (χ0n) is 16.2. The maximum absolute atomic E-state index is 13.3. The molecule has 0 bridgehead atoms. The summed E-state index contributed by atoms with van der Waals surface area (Å²) < 4.78 is 18.5. The van der Waals surface area contributed by atoms with Gasteiger partial charge >= 0.3 is 0 Å². The van der Waals surface area contributed by atoms with Crippen molar-refractivity contribution in [3.63, 3.8) is 0 Å². The maximum atomic E-state index is 13.3.